The summed E-state index contributed by atoms with van der Waals surface area (Å²) in [7, 11) is -3.19. The van der Waals surface area contributed by atoms with Crippen molar-refractivity contribution in [2.24, 2.45) is 0 Å². The third-order valence-electron chi connectivity index (χ3n) is 0.435. The maximum absolute atomic E-state index is 10.3. The Hall–Kier alpha value is -0.130. The molecule has 0 bridgehead atoms. The minimum Gasteiger partial charge on any atom is -0.284 e. The summed E-state index contributed by atoms with van der Waals surface area (Å²) >= 11 is 0. The van der Waals surface area contributed by atoms with Crippen molar-refractivity contribution in [3.63, 3.8) is 0 Å². The zero-order valence-corrected chi connectivity index (χ0v) is 6.53. The minimum atomic E-state index is -3.19. The summed E-state index contributed by atoms with van der Waals surface area (Å²) in [6.45, 7) is 3.47. The van der Waals surface area contributed by atoms with Gasteiger partial charge >= 0.3 is 0 Å². The Morgan fingerprint density at radius 3 is 2.00 bits per heavy atom. The predicted molar refractivity (Wildman–Crippen MR) is 34.2 cm³/mol. The second-order valence-electron chi connectivity index (χ2n) is 2.02. The molecule has 0 aromatic carbocycles. The first-order chi connectivity index (χ1) is 3.92. The third-order valence-corrected chi connectivity index (χ3v) is 0.834. The average molecular weight is 153 g/mol. The van der Waals surface area contributed by atoms with E-state index in [1.165, 1.54) is 0 Å². The molecular formula is C4H11NO3S. The summed E-state index contributed by atoms with van der Waals surface area (Å²) in [6.07, 6.45) is 0.912. The van der Waals surface area contributed by atoms with Crippen LogP contribution in [0.3, 0.4) is 0 Å². The number of rotatable bonds is 3. The molecule has 0 unspecified atom stereocenters. The molecule has 0 rings (SSSR count). The Labute approximate surface area is 55.2 Å². The number of sulfonamides is 1. The van der Waals surface area contributed by atoms with E-state index in [-0.39, 0.29) is 6.10 Å². The van der Waals surface area contributed by atoms with Gasteiger partial charge in [0.2, 0.25) is 10.0 Å². The molecular weight excluding hydrogens is 142 g/mol. The molecule has 0 saturated heterocycles. The van der Waals surface area contributed by atoms with Crippen LogP contribution in [0.1, 0.15) is 13.8 Å². The van der Waals surface area contributed by atoms with E-state index >= 15 is 0 Å². The van der Waals surface area contributed by atoms with E-state index in [0.717, 1.165) is 6.26 Å². The average Bonchev–Trinajstić information content (AvgIpc) is 1.59. The highest BCUT2D eigenvalue weighted by molar-refractivity contribution is 7.88. The van der Waals surface area contributed by atoms with Gasteiger partial charge in [0.1, 0.15) is 0 Å². The Kier molecular flexibility index (Phi) is 3.10. The summed E-state index contributed by atoms with van der Waals surface area (Å²) in [4.78, 5) is 6.46. The van der Waals surface area contributed by atoms with Gasteiger partial charge in [0.05, 0.1) is 12.4 Å². The van der Waals surface area contributed by atoms with Crippen molar-refractivity contribution < 1.29 is 13.3 Å². The molecule has 0 spiro atoms. The highest BCUT2D eigenvalue weighted by Gasteiger charge is 2.00. The van der Waals surface area contributed by atoms with Gasteiger partial charge in [-0.1, -0.05) is 4.89 Å². The lowest BCUT2D eigenvalue weighted by Crippen LogP contribution is -2.25. The van der Waals surface area contributed by atoms with Crippen molar-refractivity contribution in [3.05, 3.63) is 0 Å². The highest BCUT2D eigenvalue weighted by Crippen LogP contribution is 1.83. The van der Waals surface area contributed by atoms with Gasteiger partial charge in [-0.25, -0.2) is 8.42 Å². The SMILES string of the molecule is CC(C)ONS(C)(=O)=O. The van der Waals surface area contributed by atoms with Crippen LogP contribution in [0.2, 0.25) is 0 Å². The molecule has 56 valence electrons. The molecule has 0 heterocycles. The molecule has 0 fully saturated rings. The van der Waals surface area contributed by atoms with Gasteiger partial charge in [0.15, 0.2) is 0 Å². The van der Waals surface area contributed by atoms with Gasteiger partial charge in [0.25, 0.3) is 0 Å². The fourth-order valence-corrected chi connectivity index (χ4v) is 0.551. The quantitative estimate of drug-likeness (QED) is 0.575. The lowest BCUT2D eigenvalue weighted by Gasteiger charge is -2.04. The van der Waals surface area contributed by atoms with E-state index < -0.39 is 10.0 Å². The monoisotopic (exact) mass is 153 g/mol. The fraction of sp³-hybridized carbons (Fsp3) is 1.00. The lowest BCUT2D eigenvalue weighted by molar-refractivity contribution is 0.0413. The van der Waals surface area contributed by atoms with Crippen molar-refractivity contribution in [3.8, 4) is 0 Å². The van der Waals surface area contributed by atoms with E-state index in [2.05, 4.69) is 4.84 Å². The smallest absolute Gasteiger partial charge is 0.230 e. The number of nitrogens with one attached hydrogen (secondary N) is 1. The topological polar surface area (TPSA) is 55.4 Å². The molecule has 1 N–H and O–H groups in total. The van der Waals surface area contributed by atoms with Gasteiger partial charge in [-0.3, -0.25) is 4.84 Å². The Morgan fingerprint density at radius 1 is 1.44 bits per heavy atom. The first kappa shape index (κ1) is 8.87. The van der Waals surface area contributed by atoms with Gasteiger partial charge in [0, 0.05) is 0 Å². The summed E-state index contributed by atoms with van der Waals surface area (Å²) in [6, 6.07) is 0. The molecule has 0 amide bonds. The number of hydrogen-bond donors (Lipinski definition) is 1. The molecule has 4 nitrogen and oxygen atoms in total. The predicted octanol–water partition coefficient (Wildman–Crippen LogP) is -0.124. The lowest BCUT2D eigenvalue weighted by atomic mass is 10.5. The minimum absolute atomic E-state index is 0.125. The molecule has 9 heavy (non-hydrogen) atoms. The van der Waals surface area contributed by atoms with Crippen LogP contribution in [0.25, 0.3) is 0 Å². The summed E-state index contributed by atoms with van der Waals surface area (Å²) < 4.78 is 20.6. The third kappa shape index (κ3) is 7.87. The molecule has 0 radical (unpaired) electrons. The van der Waals surface area contributed by atoms with Crippen molar-refractivity contribution in [2.45, 2.75) is 20.0 Å². The maximum Gasteiger partial charge on any atom is 0.230 e. The van der Waals surface area contributed by atoms with E-state index in [1.54, 1.807) is 13.8 Å². The van der Waals surface area contributed by atoms with E-state index in [9.17, 15) is 8.42 Å². The normalized spacial score (nSPS) is 12.4. The van der Waals surface area contributed by atoms with Crippen LogP contribution >= 0.6 is 0 Å². The van der Waals surface area contributed by atoms with Crippen LogP contribution in [0.5, 0.6) is 0 Å². The zero-order valence-electron chi connectivity index (χ0n) is 5.71. The molecule has 0 atom stereocenters. The van der Waals surface area contributed by atoms with Crippen LogP contribution < -0.4 is 4.89 Å². The van der Waals surface area contributed by atoms with Crippen LogP contribution in [0, 0.1) is 0 Å². The highest BCUT2D eigenvalue weighted by atomic mass is 32.2. The molecule has 0 aliphatic rings. The molecule has 0 aromatic rings. The summed E-state index contributed by atoms with van der Waals surface area (Å²) in [5, 5.41) is 0. The van der Waals surface area contributed by atoms with E-state index in [0.29, 0.717) is 0 Å². The maximum atomic E-state index is 10.3. The largest absolute Gasteiger partial charge is 0.284 e. The van der Waals surface area contributed by atoms with Gasteiger partial charge in [-0.2, -0.15) is 0 Å². The van der Waals surface area contributed by atoms with Crippen LogP contribution in [0.4, 0.5) is 0 Å². The van der Waals surface area contributed by atoms with Crippen LogP contribution in [-0.4, -0.2) is 20.8 Å². The van der Waals surface area contributed by atoms with Gasteiger partial charge < -0.3 is 0 Å². The van der Waals surface area contributed by atoms with E-state index in [4.69, 9.17) is 0 Å². The first-order valence-electron chi connectivity index (χ1n) is 2.54. The Bertz CT molecular complexity index is 161. The second-order valence-corrected chi connectivity index (χ2v) is 3.73. The molecule has 0 aliphatic heterocycles. The first-order valence-corrected chi connectivity index (χ1v) is 4.43. The molecule has 0 aromatic heterocycles. The number of hydrogen-bond acceptors (Lipinski definition) is 3. The van der Waals surface area contributed by atoms with Crippen LogP contribution in [-0.2, 0) is 14.9 Å². The van der Waals surface area contributed by atoms with Crippen molar-refractivity contribution >= 4 is 10.0 Å². The van der Waals surface area contributed by atoms with Gasteiger partial charge in [-0.05, 0) is 13.8 Å². The summed E-state index contributed by atoms with van der Waals surface area (Å²) in [5.74, 6) is 0. The van der Waals surface area contributed by atoms with Gasteiger partial charge in [-0.15, -0.1) is 0 Å². The summed E-state index contributed by atoms with van der Waals surface area (Å²) in [5.41, 5.74) is 0. The van der Waals surface area contributed by atoms with Crippen molar-refractivity contribution in [1.29, 1.82) is 0 Å². The van der Waals surface area contributed by atoms with Crippen molar-refractivity contribution in [1.82, 2.24) is 4.89 Å². The Morgan fingerprint density at radius 2 is 1.89 bits per heavy atom. The Balaban J connectivity index is 3.53. The van der Waals surface area contributed by atoms with E-state index in [1.807, 2.05) is 4.89 Å². The van der Waals surface area contributed by atoms with Crippen molar-refractivity contribution in [2.75, 3.05) is 6.26 Å². The standard InChI is InChI=1S/C4H11NO3S/c1-4(2)8-5-9(3,6)7/h4-5H,1-3H3. The molecule has 0 aliphatic carbocycles. The molecule has 0 saturated carbocycles. The molecule has 5 heteroatoms. The second kappa shape index (κ2) is 3.14. The van der Waals surface area contributed by atoms with Crippen LogP contribution in [0.15, 0.2) is 0 Å². The zero-order chi connectivity index (χ0) is 7.49. The fourth-order valence-electron chi connectivity index (χ4n) is 0.184.